The lowest BCUT2D eigenvalue weighted by atomic mass is 10.1. The molecule has 0 saturated carbocycles. The number of nitrogens with zero attached hydrogens (tertiary/aromatic N) is 1. The Morgan fingerprint density at radius 2 is 2.12 bits per heavy atom. The van der Waals surface area contributed by atoms with E-state index in [0.29, 0.717) is 6.42 Å². The minimum atomic E-state index is 0.105. The molecule has 0 saturated heterocycles. The fourth-order valence-corrected chi connectivity index (χ4v) is 2.52. The number of carbonyl (C=O) groups is 1. The number of fused-ring (bicyclic) bond motifs is 1. The van der Waals surface area contributed by atoms with Crippen molar-refractivity contribution in [1.29, 1.82) is 0 Å². The highest BCUT2D eigenvalue weighted by Crippen LogP contribution is 2.20. The second-order valence-corrected chi connectivity index (χ2v) is 4.81. The third-order valence-corrected chi connectivity index (χ3v) is 3.41. The van der Waals surface area contributed by atoms with Gasteiger partial charge in [-0.25, -0.2) is 0 Å². The van der Waals surface area contributed by atoms with Gasteiger partial charge >= 0.3 is 0 Å². The Hall–Kier alpha value is -1.38. The largest absolute Gasteiger partial charge is 0.312 e. The van der Waals surface area contributed by atoms with Gasteiger partial charge in [-0.05, 0) is 44.6 Å². The average Bonchev–Trinajstić information content (AvgIpc) is 2.74. The number of ketones is 1. The summed E-state index contributed by atoms with van der Waals surface area (Å²) in [5, 5.41) is 0. The van der Waals surface area contributed by atoms with E-state index in [1.807, 2.05) is 10.6 Å². The molecule has 1 aliphatic rings. The van der Waals surface area contributed by atoms with Crippen LogP contribution in [0.15, 0.2) is 16.9 Å². The van der Waals surface area contributed by atoms with E-state index in [9.17, 15) is 9.59 Å². The summed E-state index contributed by atoms with van der Waals surface area (Å²) in [5.74, 6) is 0.232. The lowest BCUT2D eigenvalue weighted by Crippen LogP contribution is -2.22. The summed E-state index contributed by atoms with van der Waals surface area (Å²) >= 11 is 0. The fourth-order valence-electron chi connectivity index (χ4n) is 2.52. The Morgan fingerprint density at radius 1 is 1.29 bits per heavy atom. The first-order valence-corrected chi connectivity index (χ1v) is 6.39. The minimum absolute atomic E-state index is 0.105. The van der Waals surface area contributed by atoms with Crippen molar-refractivity contribution in [3.63, 3.8) is 0 Å². The second kappa shape index (κ2) is 5.30. The summed E-state index contributed by atoms with van der Waals surface area (Å²) in [4.78, 5) is 22.6. The van der Waals surface area contributed by atoms with Gasteiger partial charge in [0.15, 0.2) is 0 Å². The van der Waals surface area contributed by atoms with E-state index in [1.54, 1.807) is 13.0 Å². The van der Waals surface area contributed by atoms with Gasteiger partial charge in [-0.15, -0.1) is 0 Å². The van der Waals surface area contributed by atoms with Crippen LogP contribution in [0.4, 0.5) is 0 Å². The molecule has 17 heavy (non-hydrogen) atoms. The molecule has 0 spiro atoms. The first-order chi connectivity index (χ1) is 8.18. The van der Waals surface area contributed by atoms with E-state index < -0.39 is 0 Å². The van der Waals surface area contributed by atoms with Crippen molar-refractivity contribution in [3.8, 4) is 0 Å². The van der Waals surface area contributed by atoms with Gasteiger partial charge in [0, 0.05) is 24.7 Å². The highest BCUT2D eigenvalue weighted by Gasteiger charge is 2.15. The third-order valence-electron chi connectivity index (χ3n) is 3.41. The summed E-state index contributed by atoms with van der Waals surface area (Å²) in [6, 6.07) is 3.64. The normalized spacial score (nSPS) is 13.7. The predicted octanol–water partition coefficient (Wildman–Crippen LogP) is 2.10. The van der Waals surface area contributed by atoms with E-state index in [0.717, 1.165) is 38.6 Å². The molecule has 92 valence electrons. The highest BCUT2D eigenvalue weighted by molar-refractivity contribution is 5.75. The van der Waals surface area contributed by atoms with Crippen molar-refractivity contribution in [1.82, 2.24) is 4.57 Å². The van der Waals surface area contributed by atoms with Crippen molar-refractivity contribution in [3.05, 3.63) is 33.7 Å². The summed E-state index contributed by atoms with van der Waals surface area (Å²) in [7, 11) is 0. The Labute approximate surface area is 101 Å². The van der Waals surface area contributed by atoms with Crippen LogP contribution in [0.5, 0.6) is 0 Å². The molecule has 0 unspecified atom stereocenters. The zero-order valence-corrected chi connectivity index (χ0v) is 10.4. The summed E-state index contributed by atoms with van der Waals surface area (Å²) in [5.41, 5.74) is 2.66. The Kier molecular flexibility index (Phi) is 3.77. The molecule has 1 aromatic rings. The molecule has 1 heterocycles. The molecule has 0 fully saturated rings. The number of Topliss-reactive ketones (excluding diaryl/α,β-unsaturated/α-hetero) is 1. The van der Waals surface area contributed by atoms with Crippen molar-refractivity contribution in [2.24, 2.45) is 0 Å². The average molecular weight is 233 g/mol. The molecule has 1 aromatic heterocycles. The topological polar surface area (TPSA) is 39.1 Å². The van der Waals surface area contributed by atoms with Gasteiger partial charge in [0.25, 0.3) is 5.56 Å². The van der Waals surface area contributed by atoms with Crippen LogP contribution in [0.2, 0.25) is 0 Å². The van der Waals surface area contributed by atoms with Crippen LogP contribution in [0.1, 0.15) is 43.9 Å². The van der Waals surface area contributed by atoms with E-state index in [1.165, 1.54) is 11.3 Å². The van der Waals surface area contributed by atoms with E-state index in [2.05, 4.69) is 0 Å². The monoisotopic (exact) mass is 233 g/mol. The molecular weight excluding hydrogens is 214 g/mol. The lowest BCUT2D eigenvalue weighted by Gasteiger charge is -2.11. The summed E-state index contributed by atoms with van der Waals surface area (Å²) in [6.45, 7) is 2.38. The Bertz CT molecular complexity index is 474. The number of rotatable bonds is 5. The number of aromatic nitrogens is 1. The molecule has 0 radical (unpaired) electrons. The predicted molar refractivity (Wildman–Crippen MR) is 67.3 cm³/mol. The van der Waals surface area contributed by atoms with Gasteiger partial charge < -0.3 is 9.36 Å². The van der Waals surface area contributed by atoms with Gasteiger partial charge in [0.1, 0.15) is 5.78 Å². The number of unbranched alkanes of at least 4 members (excludes halogenated alkanes) is 1. The van der Waals surface area contributed by atoms with Crippen LogP contribution >= 0.6 is 0 Å². The van der Waals surface area contributed by atoms with Crippen molar-refractivity contribution < 1.29 is 4.79 Å². The minimum Gasteiger partial charge on any atom is -0.312 e. The quantitative estimate of drug-likeness (QED) is 0.730. The standard InChI is InChI=1S/C14H19NO2/c1-11(16)5-2-3-10-15-13-7-4-6-12(13)8-9-14(15)17/h8-9H,2-7,10H2,1H3. The second-order valence-electron chi connectivity index (χ2n) is 4.81. The maximum absolute atomic E-state index is 11.8. The van der Waals surface area contributed by atoms with E-state index >= 15 is 0 Å². The van der Waals surface area contributed by atoms with Crippen molar-refractivity contribution in [2.45, 2.75) is 52.0 Å². The molecule has 0 aromatic carbocycles. The zero-order chi connectivity index (χ0) is 12.3. The molecule has 0 N–H and O–H groups in total. The Balaban J connectivity index is 2.03. The molecule has 0 aliphatic heterocycles. The number of hydrogen-bond donors (Lipinski definition) is 0. The molecule has 2 rings (SSSR count). The highest BCUT2D eigenvalue weighted by atomic mass is 16.1. The van der Waals surface area contributed by atoms with Crippen molar-refractivity contribution in [2.75, 3.05) is 0 Å². The molecule has 1 aliphatic carbocycles. The summed E-state index contributed by atoms with van der Waals surface area (Å²) in [6.07, 6.45) is 5.71. The summed E-state index contributed by atoms with van der Waals surface area (Å²) < 4.78 is 1.91. The van der Waals surface area contributed by atoms with Gasteiger partial charge in [0.05, 0.1) is 0 Å². The van der Waals surface area contributed by atoms with Crippen LogP contribution in [-0.4, -0.2) is 10.4 Å². The van der Waals surface area contributed by atoms with Crippen molar-refractivity contribution >= 4 is 5.78 Å². The van der Waals surface area contributed by atoms with Gasteiger partial charge in [-0.1, -0.05) is 6.07 Å². The SMILES string of the molecule is CC(=O)CCCCn1c2c(ccc1=O)CCC2. The van der Waals surface area contributed by atoms with Crippen LogP contribution in [0.3, 0.4) is 0 Å². The molecule has 3 nitrogen and oxygen atoms in total. The smallest absolute Gasteiger partial charge is 0.250 e. The van der Waals surface area contributed by atoms with Crippen LogP contribution < -0.4 is 5.56 Å². The van der Waals surface area contributed by atoms with E-state index in [-0.39, 0.29) is 11.3 Å². The first kappa shape index (κ1) is 12.1. The molecule has 0 amide bonds. The number of hydrogen-bond acceptors (Lipinski definition) is 2. The molecule has 3 heteroatoms. The lowest BCUT2D eigenvalue weighted by molar-refractivity contribution is -0.117. The zero-order valence-electron chi connectivity index (χ0n) is 10.4. The van der Waals surface area contributed by atoms with Gasteiger partial charge in [-0.3, -0.25) is 4.79 Å². The van der Waals surface area contributed by atoms with Crippen LogP contribution in [0.25, 0.3) is 0 Å². The first-order valence-electron chi connectivity index (χ1n) is 6.39. The number of carbonyl (C=O) groups excluding carboxylic acids is 1. The maximum atomic E-state index is 11.8. The molecular formula is C14H19NO2. The molecule has 0 atom stereocenters. The van der Waals surface area contributed by atoms with Gasteiger partial charge in [-0.2, -0.15) is 0 Å². The van der Waals surface area contributed by atoms with Crippen LogP contribution in [0, 0.1) is 0 Å². The Morgan fingerprint density at radius 3 is 2.88 bits per heavy atom. The van der Waals surface area contributed by atoms with Crippen LogP contribution in [-0.2, 0) is 24.2 Å². The maximum Gasteiger partial charge on any atom is 0.250 e. The van der Waals surface area contributed by atoms with E-state index in [4.69, 9.17) is 0 Å². The van der Waals surface area contributed by atoms with Gasteiger partial charge in [0.2, 0.25) is 0 Å². The number of pyridine rings is 1. The fraction of sp³-hybridized carbons (Fsp3) is 0.571. The molecule has 0 bridgehead atoms. The third kappa shape index (κ3) is 2.84. The number of aryl methyl sites for hydroxylation is 1.